The van der Waals surface area contributed by atoms with Crippen molar-refractivity contribution in [2.24, 2.45) is 4.99 Å². The van der Waals surface area contributed by atoms with Crippen LogP contribution in [0.1, 0.15) is 20.3 Å². The van der Waals surface area contributed by atoms with Crippen molar-refractivity contribution in [3.63, 3.8) is 0 Å². The third-order valence-corrected chi connectivity index (χ3v) is 5.80. The summed E-state index contributed by atoms with van der Waals surface area (Å²) in [6, 6.07) is 14.7. The second-order valence-electron chi connectivity index (χ2n) is 6.22. The highest BCUT2D eigenvalue weighted by atomic mass is 79.9. The molecule has 6 nitrogen and oxygen atoms in total. The van der Waals surface area contributed by atoms with E-state index in [4.69, 9.17) is 4.74 Å². The molecule has 1 N–H and O–H groups in total. The van der Waals surface area contributed by atoms with Gasteiger partial charge in [-0.3, -0.25) is 14.6 Å². The van der Waals surface area contributed by atoms with Gasteiger partial charge in [-0.15, -0.1) is 0 Å². The Bertz CT molecular complexity index is 900. The van der Waals surface area contributed by atoms with Crippen molar-refractivity contribution < 1.29 is 14.3 Å². The van der Waals surface area contributed by atoms with E-state index >= 15 is 0 Å². The lowest BCUT2D eigenvalue weighted by atomic mass is 10.3. The highest BCUT2D eigenvalue weighted by molar-refractivity contribution is 9.10. The largest absolute Gasteiger partial charge is 0.494 e. The Morgan fingerprint density at radius 1 is 1.17 bits per heavy atom. The Kier molecular flexibility index (Phi) is 7.33. The summed E-state index contributed by atoms with van der Waals surface area (Å²) in [4.78, 5) is 31.2. The van der Waals surface area contributed by atoms with Crippen LogP contribution in [0.15, 0.2) is 58.0 Å². The monoisotopic (exact) mass is 475 g/mol. The highest BCUT2D eigenvalue weighted by Gasteiger charge is 2.40. The number of hydrogen-bond donors (Lipinski definition) is 1. The van der Waals surface area contributed by atoms with Crippen molar-refractivity contribution in [2.45, 2.75) is 25.5 Å². The summed E-state index contributed by atoms with van der Waals surface area (Å²) in [5.74, 6) is 0.263. The van der Waals surface area contributed by atoms with Gasteiger partial charge in [-0.05, 0) is 62.4 Å². The fourth-order valence-electron chi connectivity index (χ4n) is 2.87. The van der Waals surface area contributed by atoms with Crippen molar-refractivity contribution >= 4 is 56.0 Å². The molecule has 0 saturated carbocycles. The lowest BCUT2D eigenvalue weighted by Crippen LogP contribution is -2.31. The summed E-state index contributed by atoms with van der Waals surface area (Å²) >= 11 is 4.70. The van der Waals surface area contributed by atoms with E-state index in [1.165, 1.54) is 16.7 Å². The van der Waals surface area contributed by atoms with Crippen molar-refractivity contribution in [3.05, 3.63) is 53.0 Å². The molecule has 0 bridgehead atoms. The van der Waals surface area contributed by atoms with Crippen LogP contribution >= 0.6 is 27.7 Å². The van der Waals surface area contributed by atoms with Gasteiger partial charge >= 0.3 is 0 Å². The predicted molar refractivity (Wildman–Crippen MR) is 122 cm³/mol. The molecule has 1 heterocycles. The van der Waals surface area contributed by atoms with Crippen LogP contribution in [0.25, 0.3) is 0 Å². The second kappa shape index (κ2) is 9.93. The molecule has 1 unspecified atom stereocenters. The zero-order valence-electron chi connectivity index (χ0n) is 16.2. The van der Waals surface area contributed by atoms with Crippen LogP contribution in [0.4, 0.5) is 11.4 Å². The van der Waals surface area contributed by atoms with Crippen molar-refractivity contribution in [2.75, 3.05) is 23.4 Å². The number of carbonyl (C=O) groups is 2. The van der Waals surface area contributed by atoms with Crippen LogP contribution in [0, 0.1) is 0 Å². The zero-order chi connectivity index (χ0) is 20.8. The third-order valence-electron chi connectivity index (χ3n) is 4.16. The van der Waals surface area contributed by atoms with Crippen LogP contribution in [-0.4, -0.2) is 35.4 Å². The molecule has 0 radical (unpaired) electrons. The number of carbonyl (C=O) groups excluding carboxylic acids is 2. The fraction of sp³-hybridized carbons (Fsp3) is 0.286. The first-order valence-electron chi connectivity index (χ1n) is 9.35. The highest BCUT2D eigenvalue weighted by Crippen LogP contribution is 2.31. The minimum Gasteiger partial charge on any atom is -0.494 e. The minimum atomic E-state index is -0.512. The molecular formula is C21H22BrN3O3S. The topological polar surface area (TPSA) is 71.0 Å². The number of anilines is 2. The predicted octanol–water partition coefficient (Wildman–Crippen LogP) is 4.70. The summed E-state index contributed by atoms with van der Waals surface area (Å²) in [5, 5.41) is 3.35. The van der Waals surface area contributed by atoms with E-state index < -0.39 is 5.25 Å². The number of aliphatic imine (C=N–C) groups is 1. The number of ether oxygens (including phenoxy) is 1. The Labute approximate surface area is 182 Å². The summed E-state index contributed by atoms with van der Waals surface area (Å²) in [7, 11) is 0. The molecule has 1 saturated heterocycles. The maximum atomic E-state index is 12.9. The normalized spacial score (nSPS) is 17.0. The number of hydrogen-bond acceptors (Lipinski definition) is 5. The van der Waals surface area contributed by atoms with Gasteiger partial charge in [0.25, 0.3) is 0 Å². The fourth-order valence-corrected chi connectivity index (χ4v) is 4.21. The van der Waals surface area contributed by atoms with Gasteiger partial charge in [0.1, 0.15) is 11.0 Å². The standard InChI is InChI=1S/C21H22BrN3O3S/c1-3-23-21(24-15-7-5-14(22)6-8-15)29-18-13-19(26)25(20(18)27)16-9-11-17(12-10-16)28-4-2/h5-12,18H,3-4,13H2,1-2H3,(H,23,24). The van der Waals surface area contributed by atoms with Crippen molar-refractivity contribution in [1.29, 1.82) is 0 Å². The number of halogens is 1. The number of imide groups is 1. The van der Waals surface area contributed by atoms with Crippen LogP contribution in [0.5, 0.6) is 5.75 Å². The summed E-state index contributed by atoms with van der Waals surface area (Å²) in [6.07, 6.45) is 0.140. The molecule has 0 spiro atoms. The quantitative estimate of drug-likeness (QED) is 0.372. The van der Waals surface area contributed by atoms with E-state index in [0.29, 0.717) is 29.8 Å². The van der Waals surface area contributed by atoms with E-state index in [2.05, 4.69) is 26.2 Å². The molecule has 0 aromatic heterocycles. The molecule has 1 fully saturated rings. The average Bonchev–Trinajstić information content (AvgIpc) is 2.98. The number of amides is 2. The Balaban J connectivity index is 1.71. The smallest absolute Gasteiger partial charge is 0.247 e. The average molecular weight is 476 g/mol. The van der Waals surface area contributed by atoms with Gasteiger partial charge in [-0.1, -0.05) is 27.7 Å². The molecule has 2 amide bonds. The summed E-state index contributed by atoms with van der Waals surface area (Å²) in [6.45, 7) is 4.96. The van der Waals surface area contributed by atoms with E-state index in [9.17, 15) is 9.59 Å². The third kappa shape index (κ3) is 5.39. The first-order chi connectivity index (χ1) is 14.0. The number of benzene rings is 2. The number of thioether (sulfide) groups is 1. The molecule has 1 atom stereocenters. The molecule has 8 heteroatoms. The van der Waals surface area contributed by atoms with Gasteiger partial charge in [0.15, 0.2) is 5.17 Å². The number of nitrogens with zero attached hydrogens (tertiary/aromatic N) is 2. The molecule has 3 rings (SSSR count). The summed E-state index contributed by atoms with van der Waals surface area (Å²) in [5.41, 5.74) is 1.43. The maximum Gasteiger partial charge on any atom is 0.247 e. The molecule has 29 heavy (non-hydrogen) atoms. The Hall–Kier alpha value is -2.32. The second-order valence-corrected chi connectivity index (χ2v) is 8.32. The first kappa shape index (κ1) is 21.4. The molecule has 0 aliphatic carbocycles. The zero-order valence-corrected chi connectivity index (χ0v) is 18.6. The van der Waals surface area contributed by atoms with Crippen LogP contribution < -0.4 is 15.0 Å². The lowest BCUT2D eigenvalue weighted by molar-refractivity contribution is -0.121. The van der Waals surface area contributed by atoms with Gasteiger partial charge < -0.3 is 10.1 Å². The van der Waals surface area contributed by atoms with Gasteiger partial charge in [-0.2, -0.15) is 0 Å². The maximum absolute atomic E-state index is 12.9. The number of amidine groups is 1. The van der Waals surface area contributed by atoms with E-state index in [1.54, 1.807) is 24.3 Å². The van der Waals surface area contributed by atoms with Crippen molar-refractivity contribution in [3.8, 4) is 5.75 Å². The molecule has 1 aliphatic heterocycles. The SMILES string of the molecule is CCN=C(Nc1ccc(Br)cc1)SC1CC(=O)N(c2ccc(OCC)cc2)C1=O. The van der Waals surface area contributed by atoms with E-state index in [-0.39, 0.29) is 18.2 Å². The van der Waals surface area contributed by atoms with Gasteiger partial charge in [0.05, 0.1) is 12.3 Å². The number of rotatable bonds is 6. The minimum absolute atomic E-state index is 0.140. The number of nitrogens with one attached hydrogen (secondary N) is 1. The molecule has 2 aromatic rings. The molecule has 2 aromatic carbocycles. The lowest BCUT2D eigenvalue weighted by Gasteiger charge is -2.16. The van der Waals surface area contributed by atoms with Gasteiger partial charge in [0.2, 0.25) is 11.8 Å². The van der Waals surface area contributed by atoms with Crippen LogP contribution in [0.3, 0.4) is 0 Å². The Morgan fingerprint density at radius 2 is 1.86 bits per heavy atom. The van der Waals surface area contributed by atoms with E-state index in [1.807, 2.05) is 38.1 Å². The van der Waals surface area contributed by atoms with Crippen LogP contribution in [0.2, 0.25) is 0 Å². The first-order valence-corrected chi connectivity index (χ1v) is 11.0. The summed E-state index contributed by atoms with van der Waals surface area (Å²) < 4.78 is 6.40. The Morgan fingerprint density at radius 3 is 2.48 bits per heavy atom. The van der Waals surface area contributed by atoms with E-state index in [0.717, 1.165) is 10.2 Å². The van der Waals surface area contributed by atoms with Crippen molar-refractivity contribution in [1.82, 2.24) is 0 Å². The molecular weight excluding hydrogens is 454 g/mol. The molecule has 152 valence electrons. The van der Waals surface area contributed by atoms with Gasteiger partial charge in [0, 0.05) is 23.1 Å². The molecule has 1 aliphatic rings. The van der Waals surface area contributed by atoms with Crippen LogP contribution in [-0.2, 0) is 9.59 Å². The van der Waals surface area contributed by atoms with Gasteiger partial charge in [-0.25, -0.2) is 4.90 Å².